The summed E-state index contributed by atoms with van der Waals surface area (Å²) in [5.74, 6) is -2.08. The maximum absolute atomic E-state index is 11.5. The molecule has 0 bridgehead atoms. The molecule has 2 saturated carbocycles. The minimum absolute atomic E-state index is 0.0926. The molecule has 3 N–H and O–H groups in total. The minimum atomic E-state index is -1.09. The molecule has 0 atom stereocenters. The van der Waals surface area contributed by atoms with E-state index in [2.05, 4.69) is 6.92 Å². The number of benzene rings is 1. The number of hydrogen-bond acceptors (Lipinski definition) is 5. The van der Waals surface area contributed by atoms with Crippen LogP contribution in [-0.4, -0.2) is 46.4 Å². The molecular formula is C22H30O8. The van der Waals surface area contributed by atoms with Crippen LogP contribution < -0.4 is 9.47 Å². The number of ether oxygens (including phenoxy) is 2. The van der Waals surface area contributed by atoms with Crippen molar-refractivity contribution in [2.24, 2.45) is 10.8 Å². The summed E-state index contributed by atoms with van der Waals surface area (Å²) in [5, 5.41) is 26.3. The average molecular weight is 422 g/mol. The van der Waals surface area contributed by atoms with E-state index in [1.54, 1.807) is 18.2 Å². The van der Waals surface area contributed by atoms with E-state index in [0.29, 0.717) is 11.5 Å². The lowest BCUT2D eigenvalue weighted by Gasteiger charge is -2.52. The summed E-state index contributed by atoms with van der Waals surface area (Å²) in [6, 6.07) is 6.10. The molecule has 0 aliphatic heterocycles. The van der Waals surface area contributed by atoms with Gasteiger partial charge in [0, 0.05) is 6.07 Å². The fourth-order valence-corrected chi connectivity index (χ4v) is 4.63. The van der Waals surface area contributed by atoms with Gasteiger partial charge >= 0.3 is 17.9 Å². The smallest absolute Gasteiger partial charge is 0.341 e. The Labute approximate surface area is 175 Å². The monoisotopic (exact) mass is 422 g/mol. The summed E-state index contributed by atoms with van der Waals surface area (Å²) >= 11 is 0. The van der Waals surface area contributed by atoms with Crippen molar-refractivity contribution < 1.29 is 39.2 Å². The molecule has 1 aromatic carbocycles. The van der Waals surface area contributed by atoms with Crippen LogP contribution in [0, 0.1) is 10.8 Å². The molecule has 8 nitrogen and oxygen atoms in total. The second-order valence-electron chi connectivity index (χ2n) is 8.20. The van der Waals surface area contributed by atoms with E-state index < -0.39 is 31.1 Å². The maximum Gasteiger partial charge on any atom is 0.341 e. The quantitative estimate of drug-likeness (QED) is 0.604. The van der Waals surface area contributed by atoms with Crippen molar-refractivity contribution in [1.29, 1.82) is 0 Å². The number of carbonyl (C=O) groups is 3. The zero-order valence-electron chi connectivity index (χ0n) is 17.3. The molecule has 0 spiro atoms. The Morgan fingerprint density at radius 1 is 0.833 bits per heavy atom. The van der Waals surface area contributed by atoms with E-state index in [9.17, 15) is 19.5 Å². The van der Waals surface area contributed by atoms with Gasteiger partial charge in [0.25, 0.3) is 0 Å². The first-order chi connectivity index (χ1) is 14.2. The highest BCUT2D eigenvalue weighted by Gasteiger charge is 2.55. The molecule has 3 rings (SSSR count). The number of fused-ring (bicyclic) bond motifs is 1. The van der Waals surface area contributed by atoms with Crippen LogP contribution in [0.2, 0.25) is 0 Å². The van der Waals surface area contributed by atoms with Crippen LogP contribution in [-0.2, 0) is 14.4 Å². The number of carboxylic acids is 3. The Morgan fingerprint density at radius 2 is 1.27 bits per heavy atom. The largest absolute Gasteiger partial charge is 0.482 e. The highest BCUT2D eigenvalue weighted by atomic mass is 16.5. The van der Waals surface area contributed by atoms with E-state index in [-0.39, 0.29) is 10.8 Å². The summed E-state index contributed by atoms with van der Waals surface area (Å²) in [4.78, 5) is 32.0. The Kier molecular flexibility index (Phi) is 8.08. The van der Waals surface area contributed by atoms with Crippen LogP contribution in [0.5, 0.6) is 11.5 Å². The summed E-state index contributed by atoms with van der Waals surface area (Å²) in [7, 11) is 0. The maximum atomic E-state index is 11.5. The third-order valence-corrected chi connectivity index (χ3v) is 6.26. The second-order valence-corrected chi connectivity index (χ2v) is 8.20. The van der Waals surface area contributed by atoms with Crippen molar-refractivity contribution in [2.45, 2.75) is 58.3 Å². The topological polar surface area (TPSA) is 130 Å². The van der Waals surface area contributed by atoms with Crippen LogP contribution in [0.15, 0.2) is 24.3 Å². The van der Waals surface area contributed by atoms with Crippen LogP contribution in [0.1, 0.15) is 58.3 Å². The molecule has 0 aromatic heterocycles. The third kappa shape index (κ3) is 5.87. The molecule has 8 heteroatoms. The van der Waals surface area contributed by atoms with Gasteiger partial charge in [0.2, 0.25) is 0 Å². The van der Waals surface area contributed by atoms with Gasteiger partial charge in [0.1, 0.15) is 11.5 Å². The zero-order valence-corrected chi connectivity index (χ0v) is 17.3. The predicted octanol–water partition coefficient (Wildman–Crippen LogP) is 3.83. The predicted molar refractivity (Wildman–Crippen MR) is 108 cm³/mol. The molecular weight excluding hydrogens is 392 g/mol. The summed E-state index contributed by atoms with van der Waals surface area (Å²) in [6.07, 6.45) is 8.76. The normalized spacial score (nSPS) is 25.1. The first kappa shape index (κ1) is 23.5. The minimum Gasteiger partial charge on any atom is -0.482 e. The molecule has 0 heterocycles. The number of carboxylic acid groups (broad SMARTS) is 3. The van der Waals surface area contributed by atoms with Crippen molar-refractivity contribution in [2.75, 3.05) is 13.2 Å². The lowest BCUT2D eigenvalue weighted by atomic mass is 9.51. The summed E-state index contributed by atoms with van der Waals surface area (Å²) in [5.41, 5.74) is -0.279. The fraction of sp³-hybridized carbons (Fsp3) is 0.591. The Balaban J connectivity index is 0.000000215. The van der Waals surface area contributed by atoms with Gasteiger partial charge in [-0.15, -0.1) is 0 Å². The van der Waals surface area contributed by atoms with Gasteiger partial charge in [0.15, 0.2) is 13.2 Å². The first-order valence-electron chi connectivity index (χ1n) is 10.2. The van der Waals surface area contributed by atoms with Crippen LogP contribution in [0.4, 0.5) is 0 Å². The third-order valence-electron chi connectivity index (χ3n) is 6.26. The fourth-order valence-electron chi connectivity index (χ4n) is 4.63. The second kappa shape index (κ2) is 10.3. The highest BCUT2D eigenvalue weighted by Crippen LogP contribution is 2.58. The van der Waals surface area contributed by atoms with Gasteiger partial charge in [-0.1, -0.05) is 38.7 Å². The summed E-state index contributed by atoms with van der Waals surface area (Å²) < 4.78 is 9.78. The molecule has 30 heavy (non-hydrogen) atoms. The van der Waals surface area contributed by atoms with E-state index in [0.717, 1.165) is 38.5 Å². The first-order valence-corrected chi connectivity index (χ1v) is 10.2. The van der Waals surface area contributed by atoms with E-state index in [1.807, 2.05) is 0 Å². The SMILES string of the molecule is CC12CCCCC1(C(=O)O)CCCC2.O=C(O)COc1cccc(OCC(=O)O)c1. The van der Waals surface area contributed by atoms with Gasteiger partial charge in [-0.05, 0) is 43.2 Å². The van der Waals surface area contributed by atoms with Crippen molar-refractivity contribution in [3.63, 3.8) is 0 Å². The highest BCUT2D eigenvalue weighted by molar-refractivity contribution is 5.76. The molecule has 0 radical (unpaired) electrons. The van der Waals surface area contributed by atoms with Gasteiger partial charge < -0.3 is 24.8 Å². The number of hydrogen-bond donors (Lipinski definition) is 3. The van der Waals surface area contributed by atoms with Crippen molar-refractivity contribution in [3.8, 4) is 11.5 Å². The standard InChI is InChI=1S/C12H20O2.C10H10O6/c1-11-6-2-4-8-12(11,10(13)14)9-5-3-7-11;11-9(12)5-15-7-2-1-3-8(4-7)16-6-10(13)14/h2-9H2,1H3,(H,13,14);1-4H,5-6H2,(H,11,12)(H,13,14). The van der Waals surface area contributed by atoms with Crippen molar-refractivity contribution >= 4 is 17.9 Å². The van der Waals surface area contributed by atoms with Crippen LogP contribution in [0.3, 0.4) is 0 Å². The van der Waals surface area contributed by atoms with Gasteiger partial charge in [-0.3, -0.25) is 4.79 Å². The zero-order chi connectivity index (χ0) is 22.2. The van der Waals surface area contributed by atoms with Gasteiger partial charge in [-0.2, -0.15) is 0 Å². The van der Waals surface area contributed by atoms with Crippen LogP contribution >= 0.6 is 0 Å². The average Bonchev–Trinajstić information content (AvgIpc) is 2.71. The van der Waals surface area contributed by atoms with Crippen LogP contribution in [0.25, 0.3) is 0 Å². The molecule has 166 valence electrons. The van der Waals surface area contributed by atoms with Crippen molar-refractivity contribution in [3.05, 3.63) is 24.3 Å². The number of aliphatic carboxylic acids is 3. The van der Waals surface area contributed by atoms with E-state index >= 15 is 0 Å². The Morgan fingerprint density at radius 3 is 1.63 bits per heavy atom. The molecule has 2 aliphatic rings. The molecule has 0 amide bonds. The molecule has 0 saturated heterocycles. The lowest BCUT2D eigenvalue weighted by molar-refractivity contribution is -0.167. The molecule has 2 fully saturated rings. The van der Waals surface area contributed by atoms with Gasteiger partial charge in [0.05, 0.1) is 5.41 Å². The number of rotatable bonds is 7. The van der Waals surface area contributed by atoms with Crippen molar-refractivity contribution in [1.82, 2.24) is 0 Å². The van der Waals surface area contributed by atoms with E-state index in [1.165, 1.54) is 18.9 Å². The molecule has 0 unspecified atom stereocenters. The Hall–Kier alpha value is -2.77. The molecule has 2 aliphatic carbocycles. The molecule has 1 aromatic rings. The summed E-state index contributed by atoms with van der Waals surface area (Å²) in [6.45, 7) is 1.30. The van der Waals surface area contributed by atoms with Gasteiger partial charge in [-0.25, -0.2) is 9.59 Å². The lowest BCUT2D eigenvalue weighted by Crippen LogP contribution is -2.50. The van der Waals surface area contributed by atoms with E-state index in [4.69, 9.17) is 19.7 Å². The Bertz CT molecular complexity index is 712.